The van der Waals surface area contributed by atoms with Crippen LogP contribution >= 0.6 is 0 Å². The predicted octanol–water partition coefficient (Wildman–Crippen LogP) is 2.88. The van der Waals surface area contributed by atoms with Crippen molar-refractivity contribution < 1.29 is 4.79 Å². The minimum Gasteiger partial charge on any atom is -0.370 e. The Hall–Kier alpha value is -1.82. The quantitative estimate of drug-likeness (QED) is 0.730. The van der Waals surface area contributed by atoms with E-state index in [-0.39, 0.29) is 11.7 Å². The second kappa shape index (κ2) is 6.05. The highest BCUT2D eigenvalue weighted by Gasteiger charge is 2.14. The number of para-hydroxylation sites is 1. The minimum atomic E-state index is -0.0463. The second-order valence-corrected chi connectivity index (χ2v) is 4.14. The van der Waals surface area contributed by atoms with Crippen LogP contribution in [-0.4, -0.2) is 18.9 Å². The van der Waals surface area contributed by atoms with Crippen LogP contribution in [0.15, 0.2) is 24.3 Å². The van der Waals surface area contributed by atoms with Crippen LogP contribution in [0.4, 0.5) is 5.69 Å². The van der Waals surface area contributed by atoms with Crippen molar-refractivity contribution in [2.24, 2.45) is 5.92 Å². The van der Waals surface area contributed by atoms with Crippen molar-refractivity contribution in [1.29, 1.82) is 5.26 Å². The number of Topliss-reactive ketones (excluding diaryl/α,β-unsaturated/α-hetero) is 1. The molecule has 0 saturated carbocycles. The van der Waals surface area contributed by atoms with Crippen LogP contribution in [0.2, 0.25) is 0 Å². The lowest BCUT2D eigenvalue weighted by molar-refractivity contribution is 0.101. The molecule has 1 aromatic carbocycles. The van der Waals surface area contributed by atoms with E-state index in [1.165, 1.54) is 0 Å². The van der Waals surface area contributed by atoms with Gasteiger partial charge in [-0.25, -0.2) is 0 Å². The molecule has 1 rings (SSSR count). The molecule has 0 bridgehead atoms. The van der Waals surface area contributed by atoms with E-state index in [2.05, 4.69) is 11.0 Å². The third-order valence-electron chi connectivity index (χ3n) is 2.72. The van der Waals surface area contributed by atoms with Gasteiger partial charge in [-0.15, -0.1) is 0 Å². The predicted molar refractivity (Wildman–Crippen MR) is 69.1 cm³/mol. The summed E-state index contributed by atoms with van der Waals surface area (Å²) in [5.41, 5.74) is 1.64. The molecule has 0 saturated heterocycles. The zero-order valence-corrected chi connectivity index (χ0v) is 10.6. The fraction of sp³-hybridized carbons (Fsp3) is 0.429. The molecule has 17 heavy (non-hydrogen) atoms. The Morgan fingerprint density at radius 1 is 1.47 bits per heavy atom. The lowest BCUT2D eigenvalue weighted by Crippen LogP contribution is -2.29. The van der Waals surface area contributed by atoms with E-state index in [1.807, 2.05) is 38.1 Å². The molecule has 0 aromatic heterocycles. The van der Waals surface area contributed by atoms with Crippen LogP contribution < -0.4 is 4.90 Å². The van der Waals surface area contributed by atoms with Crippen LogP contribution in [-0.2, 0) is 0 Å². The molecule has 0 N–H and O–H groups in total. The Bertz CT molecular complexity index is 434. The molecule has 1 unspecified atom stereocenters. The maximum atomic E-state index is 11.6. The highest BCUT2D eigenvalue weighted by atomic mass is 16.1. The molecule has 1 aromatic rings. The molecule has 0 aliphatic rings. The third kappa shape index (κ3) is 3.32. The summed E-state index contributed by atoms with van der Waals surface area (Å²) < 4.78 is 0. The van der Waals surface area contributed by atoms with Gasteiger partial charge in [0.1, 0.15) is 0 Å². The van der Waals surface area contributed by atoms with Crippen molar-refractivity contribution >= 4 is 11.5 Å². The lowest BCUT2D eigenvalue weighted by Gasteiger charge is -2.26. The van der Waals surface area contributed by atoms with Gasteiger partial charge >= 0.3 is 0 Å². The first-order chi connectivity index (χ1) is 8.10. The van der Waals surface area contributed by atoms with Gasteiger partial charge in [0.25, 0.3) is 0 Å². The summed E-state index contributed by atoms with van der Waals surface area (Å²) >= 11 is 0. The Kier molecular flexibility index (Phi) is 4.71. The summed E-state index contributed by atoms with van der Waals surface area (Å²) in [5.74, 6) is 0.0126. The molecule has 0 amide bonds. The largest absolute Gasteiger partial charge is 0.370 e. The van der Waals surface area contributed by atoms with Gasteiger partial charge in [-0.2, -0.15) is 5.26 Å². The van der Waals surface area contributed by atoms with Gasteiger partial charge in [-0.3, -0.25) is 4.79 Å². The summed E-state index contributed by atoms with van der Waals surface area (Å²) in [5, 5.41) is 8.86. The number of anilines is 1. The maximum absolute atomic E-state index is 11.6. The van der Waals surface area contributed by atoms with Crippen molar-refractivity contribution in [3.63, 3.8) is 0 Å². The van der Waals surface area contributed by atoms with E-state index in [0.29, 0.717) is 6.54 Å². The number of carbonyl (C=O) groups excluding carboxylic acids is 1. The van der Waals surface area contributed by atoms with Crippen LogP contribution in [0, 0.1) is 17.2 Å². The van der Waals surface area contributed by atoms with Crippen molar-refractivity contribution in [2.75, 3.05) is 18.0 Å². The SMILES string of the molecule is CCN(CC(C)C#N)c1ccccc1C(C)=O. The molecule has 3 heteroatoms. The van der Waals surface area contributed by atoms with Gasteiger partial charge in [0, 0.05) is 24.3 Å². The molecule has 90 valence electrons. The number of hydrogen-bond acceptors (Lipinski definition) is 3. The molecule has 3 nitrogen and oxygen atoms in total. The average molecular weight is 230 g/mol. The van der Waals surface area contributed by atoms with Crippen molar-refractivity contribution in [3.8, 4) is 6.07 Å². The standard InChI is InChI=1S/C14H18N2O/c1-4-16(10-11(2)9-15)14-8-6-5-7-13(14)12(3)17/h5-8,11H,4,10H2,1-3H3. The van der Waals surface area contributed by atoms with Crippen LogP contribution in [0.5, 0.6) is 0 Å². The van der Waals surface area contributed by atoms with Crippen molar-refractivity contribution in [3.05, 3.63) is 29.8 Å². The lowest BCUT2D eigenvalue weighted by atomic mass is 10.1. The van der Waals surface area contributed by atoms with Crippen LogP contribution in [0.25, 0.3) is 0 Å². The first-order valence-corrected chi connectivity index (χ1v) is 5.84. The van der Waals surface area contributed by atoms with Crippen LogP contribution in [0.1, 0.15) is 31.1 Å². The molecule has 0 heterocycles. The van der Waals surface area contributed by atoms with E-state index in [4.69, 9.17) is 5.26 Å². The van der Waals surface area contributed by atoms with E-state index in [9.17, 15) is 4.79 Å². The van der Waals surface area contributed by atoms with Gasteiger partial charge in [0.05, 0.1) is 12.0 Å². The summed E-state index contributed by atoms with van der Waals surface area (Å²) in [6, 6.07) is 9.77. The molecule has 0 spiro atoms. The van der Waals surface area contributed by atoms with E-state index in [1.54, 1.807) is 6.92 Å². The third-order valence-corrected chi connectivity index (χ3v) is 2.72. The summed E-state index contributed by atoms with van der Waals surface area (Å²) in [7, 11) is 0. The fourth-order valence-corrected chi connectivity index (χ4v) is 1.82. The smallest absolute Gasteiger partial charge is 0.161 e. The molecule has 0 aliphatic carbocycles. The number of ketones is 1. The maximum Gasteiger partial charge on any atom is 0.161 e. The summed E-state index contributed by atoms with van der Waals surface area (Å²) in [6.07, 6.45) is 0. The molecular formula is C14H18N2O. The average Bonchev–Trinajstić information content (AvgIpc) is 2.35. The minimum absolute atomic E-state index is 0.0463. The van der Waals surface area contributed by atoms with E-state index >= 15 is 0 Å². The van der Waals surface area contributed by atoms with Gasteiger partial charge in [0.15, 0.2) is 5.78 Å². The summed E-state index contributed by atoms with van der Waals surface area (Å²) in [4.78, 5) is 13.6. The number of hydrogen-bond donors (Lipinski definition) is 0. The topological polar surface area (TPSA) is 44.1 Å². The Balaban J connectivity index is 3.04. The number of nitrogens with zero attached hydrogens (tertiary/aromatic N) is 2. The molecule has 0 fully saturated rings. The number of benzene rings is 1. The monoisotopic (exact) mass is 230 g/mol. The molecule has 1 atom stereocenters. The summed E-state index contributed by atoms with van der Waals surface area (Å²) in [6.45, 7) is 6.92. The highest BCUT2D eigenvalue weighted by Crippen LogP contribution is 2.21. The van der Waals surface area contributed by atoms with Gasteiger partial charge in [-0.1, -0.05) is 12.1 Å². The molecule has 0 radical (unpaired) electrons. The van der Waals surface area contributed by atoms with Crippen molar-refractivity contribution in [1.82, 2.24) is 0 Å². The van der Waals surface area contributed by atoms with Crippen molar-refractivity contribution in [2.45, 2.75) is 20.8 Å². The molecular weight excluding hydrogens is 212 g/mol. The Morgan fingerprint density at radius 3 is 2.65 bits per heavy atom. The number of rotatable bonds is 5. The molecule has 0 aliphatic heterocycles. The van der Waals surface area contributed by atoms with Crippen LogP contribution in [0.3, 0.4) is 0 Å². The zero-order chi connectivity index (χ0) is 12.8. The number of carbonyl (C=O) groups is 1. The van der Waals surface area contributed by atoms with E-state index in [0.717, 1.165) is 17.8 Å². The van der Waals surface area contributed by atoms with Gasteiger partial charge in [0.2, 0.25) is 0 Å². The normalized spacial score (nSPS) is 11.6. The van der Waals surface area contributed by atoms with Gasteiger partial charge < -0.3 is 4.90 Å². The Labute approximate surface area is 103 Å². The fourth-order valence-electron chi connectivity index (χ4n) is 1.82. The Morgan fingerprint density at radius 2 is 2.12 bits per heavy atom. The second-order valence-electron chi connectivity index (χ2n) is 4.14. The van der Waals surface area contributed by atoms with E-state index < -0.39 is 0 Å². The first kappa shape index (κ1) is 13.2. The first-order valence-electron chi connectivity index (χ1n) is 5.84. The number of nitriles is 1. The zero-order valence-electron chi connectivity index (χ0n) is 10.6. The highest BCUT2D eigenvalue weighted by molar-refractivity contribution is 5.99. The van der Waals surface area contributed by atoms with Gasteiger partial charge in [-0.05, 0) is 32.9 Å².